The maximum atomic E-state index is 14.2. The lowest BCUT2D eigenvalue weighted by Gasteiger charge is -2.24. The molecular weight excluding hydrogens is 1910 g/mol. The monoisotopic (exact) mass is 2020 g/mol. The second kappa shape index (κ2) is 50.3. The van der Waals surface area contributed by atoms with Crippen LogP contribution in [0.25, 0.3) is 67.3 Å². The Morgan fingerprint density at radius 2 is 0.634 bits per heavy atom. The summed E-state index contributed by atoms with van der Waals surface area (Å²) in [5, 5.41) is 49.5. The zero-order valence-corrected chi connectivity index (χ0v) is 81.8. The number of aliphatic hydroxyl groups excluding tert-OH is 4. The highest BCUT2D eigenvalue weighted by Gasteiger charge is 2.28. The average Bonchev–Trinajstić information content (AvgIpc) is 1.63. The molecule has 0 saturated carbocycles. The molecule has 0 aliphatic carbocycles. The highest BCUT2D eigenvalue weighted by molar-refractivity contribution is 6.42. The van der Waals surface area contributed by atoms with Gasteiger partial charge in [0.2, 0.25) is 5.91 Å². The summed E-state index contributed by atoms with van der Waals surface area (Å²) in [6, 6.07) is 63.4. The highest BCUT2D eigenvalue weighted by Crippen LogP contribution is 2.38. The number of aliphatic hydroxyl groups is 4. The van der Waals surface area contributed by atoms with Gasteiger partial charge in [-0.3, -0.25) is 19.2 Å². The number of fused-ring (bicyclic) bond motifs is 3. The van der Waals surface area contributed by atoms with Crippen molar-refractivity contribution in [3.8, 4) is 34.2 Å². The van der Waals surface area contributed by atoms with E-state index >= 15 is 0 Å². The number of aromatic nitrogens is 6. The zero-order chi connectivity index (χ0) is 102. The summed E-state index contributed by atoms with van der Waals surface area (Å²) in [4.78, 5) is 71.0. The lowest BCUT2D eigenvalue weighted by Crippen LogP contribution is -2.43. The lowest BCUT2D eigenvalue weighted by atomic mass is 9.99. The van der Waals surface area contributed by atoms with Gasteiger partial charge in [-0.05, 0) is 272 Å². The van der Waals surface area contributed by atoms with E-state index in [2.05, 4.69) is 59.0 Å². The number of nitrogens with zero attached hydrogens (tertiary/aromatic N) is 9. The number of Topliss-reactive ketones (excluding diaryl/α,β-unsaturated/α-hetero) is 3. The van der Waals surface area contributed by atoms with Gasteiger partial charge in [-0.2, -0.15) is 0 Å². The van der Waals surface area contributed by atoms with Crippen molar-refractivity contribution in [3.05, 3.63) is 353 Å². The first-order chi connectivity index (χ1) is 68.3. The van der Waals surface area contributed by atoms with Crippen LogP contribution in [0.5, 0.6) is 0 Å². The van der Waals surface area contributed by atoms with E-state index < -0.39 is 64.5 Å². The topological polar surface area (TPSA) is 274 Å². The number of carbonyl (C=O) groups is 4. The van der Waals surface area contributed by atoms with Gasteiger partial charge in [-0.1, -0.05) is 115 Å². The fourth-order valence-electron chi connectivity index (χ4n) is 17.1. The second-order valence-corrected chi connectivity index (χ2v) is 36.4. The van der Waals surface area contributed by atoms with Crippen molar-refractivity contribution < 1.29 is 74.7 Å². The number of rotatable bonds is 43. The molecule has 0 bridgehead atoms. The summed E-state index contributed by atoms with van der Waals surface area (Å²) < 4.78 is 117. The van der Waals surface area contributed by atoms with Crippen molar-refractivity contribution in [2.24, 2.45) is 5.73 Å². The molecule has 21 nitrogen and oxygen atoms in total. The van der Waals surface area contributed by atoms with E-state index in [1.807, 2.05) is 127 Å². The Kier molecular flexibility index (Phi) is 37.7. The van der Waals surface area contributed by atoms with Crippen molar-refractivity contribution in [3.63, 3.8) is 0 Å². The third-order valence-corrected chi connectivity index (χ3v) is 25.6. The number of benzene rings is 12. The number of imidazole rings is 3. The zero-order valence-electron chi connectivity index (χ0n) is 78.7. The first-order valence-electron chi connectivity index (χ1n) is 46.4. The van der Waals surface area contributed by atoms with Crippen molar-refractivity contribution in [2.75, 3.05) is 80.4 Å². The summed E-state index contributed by atoms with van der Waals surface area (Å²) in [5.74, 6) is -6.53. The van der Waals surface area contributed by atoms with Gasteiger partial charge in [0.05, 0.1) is 91.7 Å². The molecule has 0 fully saturated rings. The maximum Gasteiger partial charge on any atom is 0.237 e. The highest BCUT2D eigenvalue weighted by atomic mass is 35.5. The van der Waals surface area contributed by atoms with Gasteiger partial charge in [-0.25, -0.2) is 50.1 Å². The molecule has 3 unspecified atom stereocenters. The Bertz CT molecular complexity index is 6650. The summed E-state index contributed by atoms with van der Waals surface area (Å²) in [6.45, 7) is 13.5. The molecule has 9 N–H and O–H groups in total. The van der Waals surface area contributed by atoms with Crippen LogP contribution in [0.2, 0.25) is 20.1 Å². The van der Waals surface area contributed by atoms with E-state index in [4.69, 9.17) is 67.1 Å². The molecule has 4 atom stereocenters. The molecule has 0 aliphatic heterocycles. The minimum Gasteiger partial charge on any atom is -0.395 e. The Morgan fingerprint density at radius 1 is 0.345 bits per heavy atom. The van der Waals surface area contributed by atoms with E-state index in [0.29, 0.717) is 140 Å². The summed E-state index contributed by atoms with van der Waals surface area (Å²) in [5.41, 5.74) is 21.6. The number of nitrogens with two attached hydrogens (primary N) is 1. The summed E-state index contributed by atoms with van der Waals surface area (Å²) >= 11 is 24.6. The quantitative estimate of drug-likeness (QED) is 0.0165. The molecule has 12 aromatic carbocycles. The van der Waals surface area contributed by atoms with Gasteiger partial charge < -0.3 is 70.5 Å². The van der Waals surface area contributed by atoms with Crippen molar-refractivity contribution in [2.45, 2.75) is 130 Å². The summed E-state index contributed by atoms with van der Waals surface area (Å²) in [6.07, 6.45) is 2.54. The SMILES string of the molecule is CC(=O)CC(NC(=O)[C@@H](N)Cc1ccc(F)c(F)c1)c1ccc2c(c1)nc(-c1ccc(N(CCO)CCO)cc1)n2Cc1ccc(F)c(F)c1.CC(=O)CC(NCc1ccc(Cl)c(Cl)c1)c1ccc2c(c1)nc(-c1ccc(N(CCO)CCO)cc1)n2Cc1ccc(F)c(F)c1.CCCN(CCC)c1ccc(-c2nc3cc(C(CC(C)=O)NCc4ccc(Cl)c(Cl)c4)ccc3n2Cc2ccc(F)c(F)c2)cc1. The Labute approximate surface area is 837 Å². The van der Waals surface area contributed by atoms with Crippen molar-refractivity contribution in [1.82, 2.24) is 44.6 Å². The molecule has 0 spiro atoms. The molecular formula is C109H109Cl4F8N13O8. The van der Waals surface area contributed by atoms with Crippen LogP contribution < -0.4 is 36.4 Å². The number of hydrogen-bond donors (Lipinski definition) is 8. The number of halogens is 12. The van der Waals surface area contributed by atoms with Crippen LogP contribution in [0.4, 0.5) is 52.2 Å². The molecule has 0 radical (unpaired) electrons. The van der Waals surface area contributed by atoms with Crippen LogP contribution >= 0.6 is 46.4 Å². The summed E-state index contributed by atoms with van der Waals surface area (Å²) in [7, 11) is 0. The molecule has 1 amide bonds. The largest absolute Gasteiger partial charge is 0.395 e. The maximum absolute atomic E-state index is 14.2. The van der Waals surface area contributed by atoms with E-state index in [-0.39, 0.29) is 88.2 Å². The number of amides is 1. The van der Waals surface area contributed by atoms with Gasteiger partial charge in [0.25, 0.3) is 0 Å². The predicted octanol–water partition coefficient (Wildman–Crippen LogP) is 21.5. The van der Waals surface area contributed by atoms with Gasteiger partial charge in [0, 0.05) is 137 Å². The second-order valence-electron chi connectivity index (χ2n) is 34.8. The van der Waals surface area contributed by atoms with E-state index in [1.165, 1.54) is 31.2 Å². The normalized spacial score (nSPS) is 12.2. The van der Waals surface area contributed by atoms with Gasteiger partial charge >= 0.3 is 0 Å². The number of carbonyl (C=O) groups excluding carboxylic acids is 4. The molecule has 142 heavy (non-hydrogen) atoms. The fourth-order valence-corrected chi connectivity index (χ4v) is 17.7. The van der Waals surface area contributed by atoms with Gasteiger partial charge in [0.1, 0.15) is 34.8 Å². The molecule has 3 heterocycles. The lowest BCUT2D eigenvalue weighted by molar-refractivity contribution is -0.124. The van der Waals surface area contributed by atoms with E-state index in [1.54, 1.807) is 62.4 Å². The van der Waals surface area contributed by atoms with Gasteiger partial charge in [0.15, 0.2) is 46.5 Å². The average molecular weight is 2020 g/mol. The minimum absolute atomic E-state index is 0.0211. The van der Waals surface area contributed by atoms with Crippen LogP contribution in [-0.4, -0.2) is 144 Å². The first kappa shape index (κ1) is 107. The number of nitrogens with one attached hydrogen (secondary N) is 3. The van der Waals surface area contributed by atoms with Crippen LogP contribution in [0, 0.1) is 46.5 Å². The number of anilines is 3. The van der Waals surface area contributed by atoms with Gasteiger partial charge in [-0.15, -0.1) is 0 Å². The Hall–Kier alpha value is -12.8. The first-order valence-corrected chi connectivity index (χ1v) is 48.0. The van der Waals surface area contributed by atoms with Crippen LogP contribution in [0.1, 0.15) is 135 Å². The molecule has 15 rings (SSSR count). The van der Waals surface area contributed by atoms with Crippen LogP contribution in [0.15, 0.2) is 237 Å². The third-order valence-electron chi connectivity index (χ3n) is 24.1. The van der Waals surface area contributed by atoms with Crippen molar-refractivity contribution >= 4 is 120 Å². The molecule has 15 aromatic rings. The third kappa shape index (κ3) is 27.8. The smallest absolute Gasteiger partial charge is 0.237 e. The van der Waals surface area contributed by atoms with E-state index in [0.717, 1.165) is 129 Å². The fraction of sp³-hybridized carbons (Fsp3) is 0.275. The molecule has 742 valence electrons. The Balaban J connectivity index is 0.000000179. The molecule has 0 saturated heterocycles. The van der Waals surface area contributed by atoms with Crippen LogP contribution in [-0.2, 0) is 58.3 Å². The standard InChI is InChI=1S/C37H38Cl2F2N4O.C37H37F4N5O4.C35H34Cl2F2N4O3/c1-4-16-44(17-5-2)29-11-8-27(9-12-29)37-43-35-21-28(10-15-36(35)45(37)23-26-7-14-32(40)33(41)20-26)34(18-24(3)46)42-22-25-6-13-30(38)31(39)19-25;1-22(49)16-33(44-37(50)32(42)19-23-2-9-28(38)30(40)17-23)26-6-11-35-34(20-26)43-36(46(35)21-24-3-10-29(39)31(41)18-24)25-4-7-27(8-5-25)45(12-14-47)13-15-48;1-22(46)16-32(40-20-23-2-9-28(36)29(37)17-23)26-6-11-34-33(19-26)41-35(43(34)21-24-3-10-30(38)31(39)18-24)25-4-7-27(8-5-25)42(12-14-44)13-15-45/h6-15,19-21,34,42H,4-5,16-18,22-23H2,1-3H3;2-11,17-18,20,32-33,47-48H,12-16,19,21,42H2,1H3,(H,44,50);2-11,17-19,32,40,44-45H,12-16,20-21H2,1H3/t;32-,33?;/m.0./s1. The molecule has 33 heteroatoms. The van der Waals surface area contributed by atoms with Crippen LogP contribution in [0.3, 0.4) is 0 Å². The van der Waals surface area contributed by atoms with Crippen molar-refractivity contribution in [1.29, 1.82) is 0 Å². The minimum atomic E-state index is -1.12. The Morgan fingerprint density at radius 3 is 0.930 bits per heavy atom. The number of ketones is 3. The molecule has 0 aliphatic rings. The predicted molar refractivity (Wildman–Crippen MR) is 544 cm³/mol. The number of hydrogen-bond acceptors (Lipinski definition) is 17. The van der Waals surface area contributed by atoms with E-state index in [9.17, 15) is 74.7 Å². The molecule has 3 aromatic heterocycles.